The molecule has 13 heavy (non-hydrogen) atoms. The van der Waals surface area contributed by atoms with E-state index in [9.17, 15) is 0 Å². The molecule has 0 aliphatic carbocycles. The number of hydrogen-bond acceptors (Lipinski definition) is 1. The van der Waals surface area contributed by atoms with E-state index < -0.39 is 0 Å². The summed E-state index contributed by atoms with van der Waals surface area (Å²) >= 11 is 0.838. The minimum absolute atomic E-state index is 0.838. The van der Waals surface area contributed by atoms with E-state index in [1.165, 1.54) is 24.0 Å². The molecule has 1 heterocycles. The van der Waals surface area contributed by atoms with E-state index >= 15 is 0 Å². The van der Waals surface area contributed by atoms with Crippen molar-refractivity contribution in [1.82, 2.24) is 0 Å². The zero-order chi connectivity index (χ0) is 9.10. The molecule has 1 aliphatic rings. The zero-order valence-corrected chi connectivity index (χ0v) is 9.65. The first-order valence-corrected chi connectivity index (χ1v) is 7.05. The average Bonchev–Trinajstić information content (AvgIpc) is 2.67. The summed E-state index contributed by atoms with van der Waals surface area (Å²) in [7, 11) is 0. The molecule has 0 bridgehead atoms. The van der Waals surface area contributed by atoms with Crippen molar-refractivity contribution in [2.24, 2.45) is 0 Å². The summed E-state index contributed by atoms with van der Waals surface area (Å²) in [4.78, 5) is 3.41. The van der Waals surface area contributed by atoms with Gasteiger partial charge in [-0.3, -0.25) is 0 Å². The normalized spacial score (nSPS) is 22.2. The molecule has 1 nitrogen and oxygen atoms in total. The van der Waals surface area contributed by atoms with E-state index in [0.717, 1.165) is 19.9 Å². The Balaban J connectivity index is 2.16. The second-order valence-corrected chi connectivity index (χ2v) is 5.96. The number of nitrogens with zero attached hydrogens (tertiary/aromatic N) is 1. The molecule has 1 aromatic carbocycles. The predicted octanol–water partition coefficient (Wildman–Crippen LogP) is 2.37. The zero-order valence-electron chi connectivity index (χ0n) is 7.94. The fourth-order valence-electron chi connectivity index (χ4n) is 1.77. The maximum atomic E-state index is 2.57. The van der Waals surface area contributed by atoms with Crippen molar-refractivity contribution in [3.63, 3.8) is 0 Å². The van der Waals surface area contributed by atoms with E-state index in [2.05, 4.69) is 42.2 Å². The van der Waals surface area contributed by atoms with Crippen LogP contribution in [0.3, 0.4) is 0 Å². The van der Waals surface area contributed by atoms with Gasteiger partial charge in [-0.05, 0) is 0 Å². The minimum atomic E-state index is 0.838. The first-order chi connectivity index (χ1) is 6.42. The van der Waals surface area contributed by atoms with Crippen molar-refractivity contribution in [2.45, 2.75) is 23.6 Å². The van der Waals surface area contributed by atoms with Crippen LogP contribution in [0.1, 0.15) is 13.3 Å². The first kappa shape index (κ1) is 9.11. The van der Waals surface area contributed by atoms with Crippen LogP contribution in [0.2, 0.25) is 5.32 Å². The van der Waals surface area contributed by atoms with E-state index in [1.807, 2.05) is 0 Å². The molecule has 1 atom stereocenters. The molecule has 1 saturated heterocycles. The van der Waals surface area contributed by atoms with Gasteiger partial charge >= 0.3 is 86.0 Å². The van der Waals surface area contributed by atoms with Gasteiger partial charge in [0.15, 0.2) is 0 Å². The second kappa shape index (κ2) is 4.17. The molecule has 0 N–H and O–H groups in total. The molecule has 0 spiro atoms. The summed E-state index contributed by atoms with van der Waals surface area (Å²) in [6.45, 7) is 3.57. The molecule has 1 fully saturated rings. The second-order valence-electron chi connectivity index (χ2n) is 3.26. The molecule has 0 amide bonds. The average molecular weight is 240 g/mol. The Morgan fingerprint density at radius 3 is 2.85 bits per heavy atom. The van der Waals surface area contributed by atoms with Gasteiger partial charge in [-0.15, -0.1) is 0 Å². The van der Waals surface area contributed by atoms with Crippen molar-refractivity contribution in [1.29, 1.82) is 0 Å². The van der Waals surface area contributed by atoms with Gasteiger partial charge in [-0.25, -0.2) is 0 Å². The van der Waals surface area contributed by atoms with Crippen LogP contribution >= 0.6 is 0 Å². The molecular formula is C11H15NSe. The number of para-hydroxylation sites is 1. The van der Waals surface area contributed by atoms with Crippen LogP contribution in [0.4, 0.5) is 5.69 Å². The molecule has 0 aromatic heterocycles. The Morgan fingerprint density at radius 1 is 1.38 bits per heavy atom. The Morgan fingerprint density at radius 2 is 2.15 bits per heavy atom. The Labute approximate surface area is 86.3 Å². The summed E-state index contributed by atoms with van der Waals surface area (Å²) in [6.07, 6.45) is 1.30. The van der Waals surface area contributed by atoms with Crippen LogP contribution in [0, 0.1) is 0 Å². The SMILES string of the molecule is CCC1[Se]CCN1c1ccccc1. The van der Waals surface area contributed by atoms with E-state index in [4.69, 9.17) is 0 Å². The Hall–Kier alpha value is -0.461. The molecule has 0 radical (unpaired) electrons. The molecule has 1 aromatic rings. The first-order valence-electron chi connectivity index (χ1n) is 4.85. The van der Waals surface area contributed by atoms with Crippen LogP contribution in [0.15, 0.2) is 30.3 Å². The molecule has 70 valence electrons. The Bertz CT molecular complexity index is 260. The van der Waals surface area contributed by atoms with Gasteiger partial charge in [0.05, 0.1) is 0 Å². The van der Waals surface area contributed by atoms with Crippen LogP contribution in [-0.2, 0) is 0 Å². The van der Waals surface area contributed by atoms with Crippen LogP contribution in [0.5, 0.6) is 0 Å². The van der Waals surface area contributed by atoms with Gasteiger partial charge in [0.1, 0.15) is 0 Å². The predicted molar refractivity (Wildman–Crippen MR) is 58.4 cm³/mol. The fraction of sp³-hybridized carbons (Fsp3) is 0.455. The maximum absolute atomic E-state index is 2.57. The third-order valence-electron chi connectivity index (χ3n) is 2.43. The van der Waals surface area contributed by atoms with Crippen LogP contribution < -0.4 is 4.90 Å². The standard InChI is InChI=1S/C11H15NSe/c1-2-11-12(8-9-13-11)10-6-4-3-5-7-10/h3-7,11H,2,8-9H2,1H3. The third kappa shape index (κ3) is 1.90. The summed E-state index contributed by atoms with van der Waals surface area (Å²) in [6, 6.07) is 10.8. The van der Waals surface area contributed by atoms with Gasteiger partial charge in [0.2, 0.25) is 0 Å². The Kier molecular flexibility index (Phi) is 2.92. The van der Waals surface area contributed by atoms with Gasteiger partial charge < -0.3 is 0 Å². The number of hydrogen-bond donors (Lipinski definition) is 0. The molecule has 1 aliphatic heterocycles. The quantitative estimate of drug-likeness (QED) is 0.717. The van der Waals surface area contributed by atoms with Crippen molar-refractivity contribution < 1.29 is 0 Å². The topological polar surface area (TPSA) is 3.24 Å². The molecule has 2 heteroatoms. The van der Waals surface area contributed by atoms with Crippen molar-refractivity contribution in [2.75, 3.05) is 11.4 Å². The van der Waals surface area contributed by atoms with Crippen molar-refractivity contribution in [3.8, 4) is 0 Å². The number of rotatable bonds is 2. The summed E-state index contributed by atoms with van der Waals surface area (Å²) in [5.41, 5.74) is 1.41. The van der Waals surface area contributed by atoms with E-state index in [-0.39, 0.29) is 0 Å². The molecular weight excluding hydrogens is 225 g/mol. The van der Waals surface area contributed by atoms with Crippen LogP contribution in [-0.4, -0.2) is 26.4 Å². The van der Waals surface area contributed by atoms with Gasteiger partial charge in [0.25, 0.3) is 0 Å². The summed E-state index contributed by atoms with van der Waals surface area (Å²) in [5, 5.41) is 1.42. The van der Waals surface area contributed by atoms with Gasteiger partial charge in [-0.2, -0.15) is 0 Å². The number of benzene rings is 1. The van der Waals surface area contributed by atoms with Crippen molar-refractivity contribution in [3.05, 3.63) is 30.3 Å². The van der Waals surface area contributed by atoms with E-state index in [0.29, 0.717) is 0 Å². The molecule has 0 saturated carbocycles. The summed E-state index contributed by atoms with van der Waals surface area (Å²) in [5.74, 6) is 0. The van der Waals surface area contributed by atoms with E-state index in [1.54, 1.807) is 0 Å². The van der Waals surface area contributed by atoms with Crippen LogP contribution in [0.25, 0.3) is 0 Å². The fourth-order valence-corrected chi connectivity index (χ4v) is 4.33. The van der Waals surface area contributed by atoms with Gasteiger partial charge in [-0.1, -0.05) is 0 Å². The monoisotopic (exact) mass is 241 g/mol. The summed E-state index contributed by atoms with van der Waals surface area (Å²) < 4.78 is 0. The van der Waals surface area contributed by atoms with Gasteiger partial charge in [0, 0.05) is 0 Å². The number of anilines is 1. The molecule has 2 rings (SSSR count). The third-order valence-corrected chi connectivity index (χ3v) is 5.35. The van der Waals surface area contributed by atoms with Crippen molar-refractivity contribution >= 4 is 20.6 Å². The molecule has 1 unspecified atom stereocenters.